The highest BCUT2D eigenvalue weighted by molar-refractivity contribution is 6.04. The van der Waals surface area contributed by atoms with Gasteiger partial charge in [-0.1, -0.05) is 12.1 Å². The molecule has 4 heteroatoms. The number of aliphatic hydroxyl groups is 1. The molecule has 20 heavy (non-hydrogen) atoms. The molecule has 2 rings (SSSR count). The molecule has 0 heterocycles. The molecule has 0 saturated carbocycles. The summed E-state index contributed by atoms with van der Waals surface area (Å²) >= 11 is 0. The number of nitrogens with two attached hydrogens (primary N) is 1. The van der Waals surface area contributed by atoms with Crippen LogP contribution in [0.4, 0.5) is 11.4 Å². The molecule has 104 valence electrons. The van der Waals surface area contributed by atoms with Gasteiger partial charge in [-0.15, -0.1) is 0 Å². The van der Waals surface area contributed by atoms with Crippen LogP contribution in [0.2, 0.25) is 0 Å². The molecule has 1 unspecified atom stereocenters. The molecule has 0 saturated heterocycles. The molecule has 2 aromatic carbocycles. The number of aliphatic hydroxyl groups excluding tert-OH is 1. The summed E-state index contributed by atoms with van der Waals surface area (Å²) in [5.41, 5.74) is 9.24. The van der Waals surface area contributed by atoms with E-state index in [-0.39, 0.29) is 5.91 Å². The summed E-state index contributed by atoms with van der Waals surface area (Å²) in [4.78, 5) is 12.1. The maximum Gasteiger partial charge on any atom is 0.255 e. The SMILES string of the molecule is Cc1cc(C(=O)Nc2cccc(C(C)O)c2)ccc1N. The summed E-state index contributed by atoms with van der Waals surface area (Å²) in [6, 6.07) is 12.3. The molecule has 1 amide bonds. The molecule has 0 fully saturated rings. The van der Waals surface area contributed by atoms with Crippen molar-refractivity contribution < 1.29 is 9.90 Å². The highest BCUT2D eigenvalue weighted by Crippen LogP contribution is 2.18. The highest BCUT2D eigenvalue weighted by Gasteiger charge is 2.08. The predicted octanol–water partition coefficient (Wildman–Crippen LogP) is 2.88. The molecule has 0 radical (unpaired) electrons. The number of benzene rings is 2. The molecule has 0 aliphatic carbocycles. The number of nitrogen functional groups attached to an aromatic ring is 1. The van der Waals surface area contributed by atoms with Crippen molar-refractivity contribution in [2.24, 2.45) is 0 Å². The van der Waals surface area contributed by atoms with E-state index in [1.807, 2.05) is 13.0 Å². The topological polar surface area (TPSA) is 75.3 Å². The number of rotatable bonds is 3. The summed E-state index contributed by atoms with van der Waals surface area (Å²) in [5.74, 6) is -0.198. The van der Waals surface area contributed by atoms with Gasteiger partial charge in [0.2, 0.25) is 0 Å². The summed E-state index contributed by atoms with van der Waals surface area (Å²) in [7, 11) is 0. The fraction of sp³-hybridized carbons (Fsp3) is 0.188. The van der Waals surface area contributed by atoms with Gasteiger partial charge < -0.3 is 16.2 Å². The second-order valence-corrected chi connectivity index (χ2v) is 4.83. The zero-order valence-electron chi connectivity index (χ0n) is 11.6. The highest BCUT2D eigenvalue weighted by atomic mass is 16.3. The number of carbonyl (C=O) groups is 1. The Morgan fingerprint density at radius 1 is 1.25 bits per heavy atom. The third-order valence-corrected chi connectivity index (χ3v) is 3.16. The summed E-state index contributed by atoms with van der Waals surface area (Å²) in [5, 5.41) is 12.3. The van der Waals surface area contributed by atoms with Gasteiger partial charge in [0.05, 0.1) is 6.10 Å². The van der Waals surface area contributed by atoms with Crippen LogP contribution >= 0.6 is 0 Å². The van der Waals surface area contributed by atoms with E-state index in [0.717, 1.165) is 11.1 Å². The molecule has 1 atom stereocenters. The average molecular weight is 270 g/mol. The second kappa shape index (κ2) is 5.75. The van der Waals surface area contributed by atoms with Crippen LogP contribution in [0, 0.1) is 6.92 Å². The van der Waals surface area contributed by atoms with E-state index in [2.05, 4.69) is 5.32 Å². The fourth-order valence-corrected chi connectivity index (χ4v) is 1.90. The van der Waals surface area contributed by atoms with E-state index in [0.29, 0.717) is 16.9 Å². The molecule has 4 N–H and O–H groups in total. The van der Waals surface area contributed by atoms with Crippen molar-refractivity contribution in [3.63, 3.8) is 0 Å². The van der Waals surface area contributed by atoms with Crippen molar-refractivity contribution in [3.05, 3.63) is 59.2 Å². The van der Waals surface area contributed by atoms with Gasteiger partial charge in [0, 0.05) is 16.9 Å². The first kappa shape index (κ1) is 14.1. The predicted molar refractivity (Wildman–Crippen MR) is 80.6 cm³/mol. The standard InChI is InChI=1S/C16H18N2O2/c1-10-8-13(6-7-15(10)17)16(20)18-14-5-3-4-12(9-14)11(2)19/h3-9,11,19H,17H2,1-2H3,(H,18,20). The van der Waals surface area contributed by atoms with Crippen LogP contribution in [-0.4, -0.2) is 11.0 Å². The van der Waals surface area contributed by atoms with Crippen LogP contribution in [0.25, 0.3) is 0 Å². The van der Waals surface area contributed by atoms with Crippen molar-refractivity contribution >= 4 is 17.3 Å². The van der Waals surface area contributed by atoms with Gasteiger partial charge in [-0.3, -0.25) is 4.79 Å². The van der Waals surface area contributed by atoms with E-state index in [1.165, 1.54) is 0 Å². The number of aryl methyl sites for hydroxylation is 1. The van der Waals surface area contributed by atoms with Gasteiger partial charge in [0.15, 0.2) is 0 Å². The number of hydrogen-bond donors (Lipinski definition) is 3. The maximum absolute atomic E-state index is 12.1. The van der Waals surface area contributed by atoms with Crippen molar-refractivity contribution in [1.29, 1.82) is 0 Å². The van der Waals surface area contributed by atoms with Crippen LogP contribution in [0.1, 0.15) is 34.5 Å². The largest absolute Gasteiger partial charge is 0.399 e. The zero-order valence-corrected chi connectivity index (χ0v) is 11.6. The van der Waals surface area contributed by atoms with E-state index >= 15 is 0 Å². The first-order chi connectivity index (χ1) is 9.47. The first-order valence-corrected chi connectivity index (χ1v) is 6.43. The Bertz CT molecular complexity index is 636. The Hall–Kier alpha value is -2.33. The quantitative estimate of drug-likeness (QED) is 0.751. The molecule has 0 aliphatic heterocycles. The molecular formula is C16H18N2O2. The lowest BCUT2D eigenvalue weighted by Crippen LogP contribution is -2.12. The van der Waals surface area contributed by atoms with E-state index in [4.69, 9.17) is 5.73 Å². The van der Waals surface area contributed by atoms with Gasteiger partial charge in [0.25, 0.3) is 5.91 Å². The van der Waals surface area contributed by atoms with Crippen LogP contribution in [0.5, 0.6) is 0 Å². The van der Waals surface area contributed by atoms with Crippen molar-refractivity contribution in [1.82, 2.24) is 0 Å². The minimum atomic E-state index is -0.564. The molecule has 0 aliphatic rings. The van der Waals surface area contributed by atoms with Crippen LogP contribution in [0.15, 0.2) is 42.5 Å². The Labute approximate surface area is 118 Å². The lowest BCUT2D eigenvalue weighted by molar-refractivity contribution is 0.102. The van der Waals surface area contributed by atoms with Crippen LogP contribution in [0.3, 0.4) is 0 Å². The van der Waals surface area contributed by atoms with Gasteiger partial charge in [-0.05, 0) is 55.3 Å². The van der Waals surface area contributed by atoms with Crippen molar-refractivity contribution in [2.45, 2.75) is 20.0 Å². The van der Waals surface area contributed by atoms with Gasteiger partial charge in [-0.25, -0.2) is 0 Å². The van der Waals surface area contributed by atoms with Crippen molar-refractivity contribution in [2.75, 3.05) is 11.1 Å². The van der Waals surface area contributed by atoms with E-state index < -0.39 is 6.10 Å². The number of carbonyl (C=O) groups excluding carboxylic acids is 1. The zero-order chi connectivity index (χ0) is 14.7. The average Bonchev–Trinajstić information content (AvgIpc) is 2.42. The van der Waals surface area contributed by atoms with Gasteiger partial charge in [0.1, 0.15) is 0 Å². The molecule has 0 spiro atoms. The summed E-state index contributed by atoms with van der Waals surface area (Å²) in [6.45, 7) is 3.55. The minimum absolute atomic E-state index is 0.198. The summed E-state index contributed by atoms with van der Waals surface area (Å²) < 4.78 is 0. The molecule has 0 aromatic heterocycles. The lowest BCUT2D eigenvalue weighted by atomic mass is 10.1. The number of anilines is 2. The Morgan fingerprint density at radius 3 is 2.65 bits per heavy atom. The van der Waals surface area contributed by atoms with E-state index in [9.17, 15) is 9.90 Å². The smallest absolute Gasteiger partial charge is 0.255 e. The third-order valence-electron chi connectivity index (χ3n) is 3.16. The lowest BCUT2D eigenvalue weighted by Gasteiger charge is -2.10. The van der Waals surface area contributed by atoms with Gasteiger partial charge >= 0.3 is 0 Å². The molecule has 2 aromatic rings. The van der Waals surface area contributed by atoms with Crippen LogP contribution in [-0.2, 0) is 0 Å². The number of amides is 1. The monoisotopic (exact) mass is 270 g/mol. The summed E-state index contributed by atoms with van der Waals surface area (Å²) in [6.07, 6.45) is -0.564. The Morgan fingerprint density at radius 2 is 2.00 bits per heavy atom. The molecular weight excluding hydrogens is 252 g/mol. The molecule has 0 bridgehead atoms. The number of hydrogen-bond acceptors (Lipinski definition) is 3. The maximum atomic E-state index is 12.1. The first-order valence-electron chi connectivity index (χ1n) is 6.43. The van der Waals surface area contributed by atoms with Gasteiger partial charge in [-0.2, -0.15) is 0 Å². The fourth-order valence-electron chi connectivity index (χ4n) is 1.90. The third kappa shape index (κ3) is 3.16. The Balaban J connectivity index is 2.19. The van der Waals surface area contributed by atoms with Crippen molar-refractivity contribution in [3.8, 4) is 0 Å². The van der Waals surface area contributed by atoms with Crippen LogP contribution < -0.4 is 11.1 Å². The second-order valence-electron chi connectivity index (χ2n) is 4.83. The Kier molecular flexibility index (Phi) is 4.05. The normalized spacial score (nSPS) is 11.9. The number of nitrogens with one attached hydrogen (secondary N) is 1. The van der Waals surface area contributed by atoms with E-state index in [1.54, 1.807) is 43.3 Å². The molecule has 4 nitrogen and oxygen atoms in total. The minimum Gasteiger partial charge on any atom is -0.399 e.